The summed E-state index contributed by atoms with van der Waals surface area (Å²) >= 11 is 6.31. The average molecular weight is 466 g/mol. The van der Waals surface area contributed by atoms with Crippen molar-refractivity contribution in [2.75, 3.05) is 24.7 Å². The van der Waals surface area contributed by atoms with E-state index in [0.717, 1.165) is 24.1 Å². The van der Waals surface area contributed by atoms with Gasteiger partial charge in [0.05, 0.1) is 35.4 Å². The maximum absolute atomic E-state index is 13.7. The minimum absolute atomic E-state index is 0.0112. The summed E-state index contributed by atoms with van der Waals surface area (Å²) in [4.78, 5) is 15.4. The molecule has 1 aromatic heterocycles. The smallest absolute Gasteiger partial charge is 0.257 e. The van der Waals surface area contributed by atoms with Gasteiger partial charge in [-0.05, 0) is 44.7 Å². The highest BCUT2D eigenvalue weighted by Crippen LogP contribution is 2.26. The van der Waals surface area contributed by atoms with Gasteiger partial charge in [0.25, 0.3) is 5.91 Å². The molecular formula is C22H28ClN3O4S. The molecule has 7 nitrogen and oxygen atoms in total. The van der Waals surface area contributed by atoms with Crippen molar-refractivity contribution in [2.45, 2.75) is 51.8 Å². The number of carbonyl (C=O) groups excluding carboxylic acids is 1. The number of rotatable bonds is 6. The fraction of sp³-hybridized carbons (Fsp3) is 0.545. The summed E-state index contributed by atoms with van der Waals surface area (Å²) in [5.41, 5.74) is 2.84. The summed E-state index contributed by atoms with van der Waals surface area (Å²) in [6, 6.07) is 7.24. The first-order valence-corrected chi connectivity index (χ1v) is 12.9. The number of carbonyl (C=O) groups is 1. The molecule has 4 rings (SSSR count). The molecule has 0 radical (unpaired) electrons. The van der Waals surface area contributed by atoms with Crippen molar-refractivity contribution < 1.29 is 17.9 Å². The second-order valence-electron chi connectivity index (χ2n) is 8.44. The van der Waals surface area contributed by atoms with Crippen molar-refractivity contribution in [1.82, 2.24) is 14.7 Å². The number of halogens is 1. The Bertz CT molecular complexity index is 1080. The van der Waals surface area contributed by atoms with Crippen molar-refractivity contribution in [3.8, 4) is 0 Å². The predicted octanol–water partition coefficient (Wildman–Crippen LogP) is 3.01. The molecule has 2 aliphatic rings. The number of aromatic nitrogens is 2. The molecule has 9 heteroatoms. The van der Waals surface area contributed by atoms with Crippen LogP contribution in [0, 0.1) is 13.8 Å². The number of ether oxygens (including phenoxy) is 1. The van der Waals surface area contributed by atoms with Crippen LogP contribution < -0.4 is 0 Å². The zero-order valence-corrected chi connectivity index (χ0v) is 19.5. The lowest BCUT2D eigenvalue weighted by Crippen LogP contribution is -2.45. The van der Waals surface area contributed by atoms with E-state index >= 15 is 0 Å². The monoisotopic (exact) mass is 465 g/mol. The minimum Gasteiger partial charge on any atom is -0.376 e. The van der Waals surface area contributed by atoms with Gasteiger partial charge in [0.1, 0.15) is 0 Å². The number of benzene rings is 1. The molecule has 2 aromatic rings. The minimum atomic E-state index is -3.12. The van der Waals surface area contributed by atoms with Crippen LogP contribution in [0.15, 0.2) is 24.3 Å². The van der Waals surface area contributed by atoms with E-state index in [9.17, 15) is 13.2 Å². The van der Waals surface area contributed by atoms with Gasteiger partial charge < -0.3 is 9.64 Å². The van der Waals surface area contributed by atoms with E-state index < -0.39 is 9.84 Å². The molecule has 0 bridgehead atoms. The van der Waals surface area contributed by atoms with Crippen LogP contribution in [0.4, 0.5) is 0 Å². The summed E-state index contributed by atoms with van der Waals surface area (Å²) in [6.07, 6.45) is 2.26. The lowest BCUT2D eigenvalue weighted by atomic mass is 10.1. The van der Waals surface area contributed by atoms with Crippen LogP contribution in [0.5, 0.6) is 0 Å². The van der Waals surface area contributed by atoms with Crippen LogP contribution in [0.25, 0.3) is 0 Å². The molecule has 2 aliphatic heterocycles. The largest absolute Gasteiger partial charge is 0.376 e. The summed E-state index contributed by atoms with van der Waals surface area (Å²) in [5.74, 6) is -0.0356. The molecule has 3 heterocycles. The van der Waals surface area contributed by atoms with Gasteiger partial charge in [0.15, 0.2) is 9.84 Å². The molecule has 31 heavy (non-hydrogen) atoms. The molecule has 0 N–H and O–H groups in total. The molecule has 0 aliphatic carbocycles. The highest BCUT2D eigenvalue weighted by molar-refractivity contribution is 7.91. The number of nitrogens with zero attached hydrogens (tertiary/aromatic N) is 3. The van der Waals surface area contributed by atoms with E-state index in [1.807, 2.05) is 38.1 Å². The Labute approximate surface area is 188 Å². The van der Waals surface area contributed by atoms with Crippen LogP contribution in [-0.4, -0.2) is 65.8 Å². The van der Waals surface area contributed by atoms with Crippen molar-refractivity contribution in [3.63, 3.8) is 0 Å². The van der Waals surface area contributed by atoms with Gasteiger partial charge in [-0.15, -0.1) is 0 Å². The highest BCUT2D eigenvalue weighted by atomic mass is 35.5. The van der Waals surface area contributed by atoms with E-state index in [2.05, 4.69) is 5.10 Å². The van der Waals surface area contributed by atoms with Gasteiger partial charge in [-0.2, -0.15) is 5.10 Å². The third-order valence-electron chi connectivity index (χ3n) is 6.21. The van der Waals surface area contributed by atoms with Crippen LogP contribution in [0.1, 0.15) is 46.6 Å². The van der Waals surface area contributed by atoms with Gasteiger partial charge in [-0.3, -0.25) is 9.48 Å². The molecule has 168 valence electrons. The predicted molar refractivity (Wildman–Crippen MR) is 119 cm³/mol. The fourth-order valence-electron chi connectivity index (χ4n) is 4.52. The second-order valence-corrected chi connectivity index (χ2v) is 11.1. The molecule has 0 spiro atoms. The molecule has 0 unspecified atom stereocenters. The Morgan fingerprint density at radius 3 is 2.71 bits per heavy atom. The number of hydrogen-bond acceptors (Lipinski definition) is 5. The van der Waals surface area contributed by atoms with Gasteiger partial charge in [0, 0.05) is 29.9 Å². The topological polar surface area (TPSA) is 81.5 Å². The van der Waals surface area contributed by atoms with Crippen molar-refractivity contribution in [1.29, 1.82) is 0 Å². The lowest BCUT2D eigenvalue weighted by molar-refractivity contribution is 0.0440. The van der Waals surface area contributed by atoms with E-state index in [1.165, 1.54) is 0 Å². The van der Waals surface area contributed by atoms with Crippen LogP contribution in [0.2, 0.25) is 5.02 Å². The van der Waals surface area contributed by atoms with Crippen LogP contribution in [0.3, 0.4) is 0 Å². The SMILES string of the molecule is Cc1nn(Cc2ccccc2Cl)c(C)c1C(=O)N(C[C@@H]1CCCO1)[C@H]1CCS(=O)(=O)C1. The van der Waals surface area contributed by atoms with E-state index in [4.69, 9.17) is 16.3 Å². The number of sulfone groups is 1. The fourth-order valence-corrected chi connectivity index (χ4v) is 6.44. The van der Waals surface area contributed by atoms with Gasteiger partial charge >= 0.3 is 0 Å². The molecule has 2 saturated heterocycles. The first-order chi connectivity index (χ1) is 14.7. The van der Waals surface area contributed by atoms with E-state index in [-0.39, 0.29) is 29.6 Å². The van der Waals surface area contributed by atoms with E-state index in [1.54, 1.807) is 9.58 Å². The third-order valence-corrected chi connectivity index (χ3v) is 8.33. The molecule has 1 amide bonds. The third kappa shape index (κ3) is 4.81. The van der Waals surface area contributed by atoms with Crippen LogP contribution in [-0.2, 0) is 21.1 Å². The van der Waals surface area contributed by atoms with Crippen molar-refractivity contribution >= 4 is 27.3 Å². The maximum Gasteiger partial charge on any atom is 0.257 e. The Kier molecular flexibility index (Phi) is 6.42. The summed E-state index contributed by atoms with van der Waals surface area (Å²) < 4.78 is 31.8. The summed E-state index contributed by atoms with van der Waals surface area (Å²) in [5, 5.41) is 5.25. The van der Waals surface area contributed by atoms with Gasteiger partial charge in [0.2, 0.25) is 0 Å². The molecule has 0 saturated carbocycles. The van der Waals surface area contributed by atoms with E-state index in [0.29, 0.717) is 42.4 Å². The Hall–Kier alpha value is -1.90. The number of aryl methyl sites for hydroxylation is 1. The summed E-state index contributed by atoms with van der Waals surface area (Å²) in [6.45, 7) is 5.25. The quantitative estimate of drug-likeness (QED) is 0.655. The molecule has 2 atom stereocenters. The first kappa shape index (κ1) is 22.3. The Balaban J connectivity index is 1.63. The first-order valence-electron chi connectivity index (χ1n) is 10.7. The average Bonchev–Trinajstić information content (AvgIpc) is 3.42. The zero-order chi connectivity index (χ0) is 22.2. The summed E-state index contributed by atoms with van der Waals surface area (Å²) in [7, 11) is -3.12. The van der Waals surface area contributed by atoms with Gasteiger partial charge in [-0.25, -0.2) is 8.42 Å². The molecular weight excluding hydrogens is 438 g/mol. The normalized spacial score (nSPS) is 22.7. The molecule has 2 fully saturated rings. The van der Waals surface area contributed by atoms with Gasteiger partial charge in [-0.1, -0.05) is 29.8 Å². The lowest BCUT2D eigenvalue weighted by Gasteiger charge is -2.30. The number of hydrogen-bond donors (Lipinski definition) is 0. The Morgan fingerprint density at radius 2 is 2.06 bits per heavy atom. The highest BCUT2D eigenvalue weighted by Gasteiger charge is 2.38. The van der Waals surface area contributed by atoms with Crippen molar-refractivity contribution in [3.05, 3.63) is 51.8 Å². The van der Waals surface area contributed by atoms with Crippen LogP contribution >= 0.6 is 11.6 Å². The molecule has 1 aromatic carbocycles. The second kappa shape index (κ2) is 8.92. The maximum atomic E-state index is 13.7. The van der Waals surface area contributed by atoms with Crippen molar-refractivity contribution in [2.24, 2.45) is 0 Å². The number of amides is 1. The Morgan fingerprint density at radius 1 is 1.29 bits per heavy atom. The standard InChI is InChI=1S/C22H28ClN3O4S/c1-15-21(16(2)26(24-15)12-17-6-3-4-8-20(17)23)22(27)25(13-19-7-5-10-30-19)18-9-11-31(28,29)14-18/h3-4,6,8,18-19H,5,7,9-14H2,1-2H3/t18-,19-/m0/s1. The zero-order valence-electron chi connectivity index (χ0n) is 17.9.